The smallest absolute Gasteiger partial charge is 0.410 e. The number of benzene rings is 1. The first-order chi connectivity index (χ1) is 21.1. The molecule has 4 heterocycles. The van der Waals surface area contributed by atoms with Crippen molar-refractivity contribution in [3.05, 3.63) is 78.9 Å². The number of carbonyl (C=O) groups is 2. The highest BCUT2D eigenvalue weighted by Crippen LogP contribution is 2.28. The first-order valence-electron chi connectivity index (χ1n) is 14.3. The molecule has 12 heteroatoms. The number of ether oxygens (including phenoxy) is 2. The Balaban J connectivity index is 1.35. The molecule has 1 aliphatic rings. The van der Waals surface area contributed by atoms with E-state index in [1.54, 1.807) is 42.9 Å². The molecule has 5 rings (SSSR count). The molecule has 0 spiro atoms. The zero-order valence-electron chi connectivity index (χ0n) is 25.3. The normalized spacial score (nSPS) is 13.3. The number of hydrogen-bond acceptors (Lipinski definition) is 10. The third kappa shape index (κ3) is 8.18. The molecule has 1 aliphatic heterocycles. The van der Waals surface area contributed by atoms with Crippen LogP contribution in [0.4, 0.5) is 27.9 Å². The van der Waals surface area contributed by atoms with Crippen molar-refractivity contribution in [1.82, 2.24) is 24.8 Å². The molecule has 0 saturated carbocycles. The molecule has 1 fully saturated rings. The fourth-order valence-corrected chi connectivity index (χ4v) is 4.68. The van der Waals surface area contributed by atoms with Crippen molar-refractivity contribution in [2.75, 3.05) is 48.8 Å². The van der Waals surface area contributed by atoms with Crippen molar-refractivity contribution < 1.29 is 19.1 Å². The Morgan fingerprint density at radius 1 is 0.932 bits per heavy atom. The number of carbonyl (C=O) groups excluding carboxylic acids is 2. The first-order valence-corrected chi connectivity index (χ1v) is 14.3. The predicted molar refractivity (Wildman–Crippen MR) is 168 cm³/mol. The molecule has 0 radical (unpaired) electrons. The van der Waals surface area contributed by atoms with Gasteiger partial charge in [0, 0.05) is 62.1 Å². The highest BCUT2D eigenvalue weighted by molar-refractivity contribution is 5.93. The van der Waals surface area contributed by atoms with E-state index < -0.39 is 5.60 Å². The van der Waals surface area contributed by atoms with E-state index >= 15 is 0 Å². The second kappa shape index (κ2) is 13.4. The van der Waals surface area contributed by atoms with E-state index in [1.165, 1.54) is 0 Å². The third-order valence-electron chi connectivity index (χ3n) is 6.72. The molecule has 1 saturated heterocycles. The summed E-state index contributed by atoms with van der Waals surface area (Å²) in [6.07, 6.45) is 6.37. The molecular weight excluding hydrogens is 560 g/mol. The fraction of sp³-hybridized carbons (Fsp3) is 0.312. The van der Waals surface area contributed by atoms with Gasteiger partial charge in [-0.2, -0.15) is 0 Å². The van der Waals surface area contributed by atoms with Crippen molar-refractivity contribution in [3.8, 4) is 17.0 Å². The van der Waals surface area contributed by atoms with Crippen LogP contribution < -0.4 is 20.3 Å². The largest absolute Gasteiger partial charge is 0.497 e. The van der Waals surface area contributed by atoms with Gasteiger partial charge in [-0.15, -0.1) is 0 Å². The predicted octanol–water partition coefficient (Wildman–Crippen LogP) is 4.92. The van der Waals surface area contributed by atoms with E-state index in [0.717, 1.165) is 16.9 Å². The Morgan fingerprint density at radius 3 is 2.48 bits per heavy atom. The Bertz CT molecular complexity index is 1600. The number of hydrogen-bond donors (Lipinski definition) is 2. The standard InChI is InChI=1S/C32H36N8O4/c1-32(2,3)44-31(42)40-14-12-39(13-15-40)29-18-23(8-9-35-29)26-19-24(20-27(37-26)38-28-21-33-10-11-34-28)36-30(41)17-22-6-5-7-25(16-22)43-4/h5-11,16,18-21H,12-15,17H2,1-4H3,(H2,34,36,37,38,41). The van der Waals surface area contributed by atoms with Gasteiger partial charge in [0.05, 0.1) is 25.4 Å². The average Bonchev–Trinajstić information content (AvgIpc) is 3.01. The fourth-order valence-electron chi connectivity index (χ4n) is 4.68. The summed E-state index contributed by atoms with van der Waals surface area (Å²) in [6, 6.07) is 14.8. The third-order valence-corrected chi connectivity index (χ3v) is 6.72. The van der Waals surface area contributed by atoms with Crippen LogP contribution in [0.3, 0.4) is 0 Å². The van der Waals surface area contributed by atoms with Crippen LogP contribution in [-0.2, 0) is 16.0 Å². The number of nitrogens with zero attached hydrogens (tertiary/aromatic N) is 6. The van der Waals surface area contributed by atoms with Crippen molar-refractivity contribution >= 4 is 35.1 Å². The average molecular weight is 597 g/mol. The summed E-state index contributed by atoms with van der Waals surface area (Å²) < 4.78 is 10.8. The lowest BCUT2D eigenvalue weighted by atomic mass is 10.1. The van der Waals surface area contributed by atoms with Crippen LogP contribution in [0.1, 0.15) is 26.3 Å². The van der Waals surface area contributed by atoms with Gasteiger partial charge < -0.3 is 29.9 Å². The molecule has 0 bridgehead atoms. The van der Waals surface area contributed by atoms with Gasteiger partial charge in [0.2, 0.25) is 5.91 Å². The Hall–Kier alpha value is -5.26. The zero-order chi connectivity index (χ0) is 31.1. The molecule has 12 nitrogen and oxygen atoms in total. The molecular formula is C32H36N8O4. The number of methoxy groups -OCH3 is 1. The van der Waals surface area contributed by atoms with Crippen LogP contribution in [0.5, 0.6) is 5.75 Å². The second-order valence-corrected chi connectivity index (χ2v) is 11.3. The van der Waals surface area contributed by atoms with E-state index in [0.29, 0.717) is 54.9 Å². The van der Waals surface area contributed by atoms with Gasteiger partial charge >= 0.3 is 6.09 Å². The van der Waals surface area contributed by atoms with Gasteiger partial charge in [0.1, 0.15) is 28.8 Å². The summed E-state index contributed by atoms with van der Waals surface area (Å²) in [5.74, 6) is 2.29. The second-order valence-electron chi connectivity index (χ2n) is 11.3. The number of piperazine rings is 1. The summed E-state index contributed by atoms with van der Waals surface area (Å²) in [5, 5.41) is 6.18. The lowest BCUT2D eigenvalue weighted by Gasteiger charge is -2.36. The number of amides is 2. The maximum Gasteiger partial charge on any atom is 0.410 e. The van der Waals surface area contributed by atoms with Gasteiger partial charge in [-0.05, 0) is 56.7 Å². The number of aromatic nitrogens is 4. The molecule has 4 aromatic rings. The summed E-state index contributed by atoms with van der Waals surface area (Å²) >= 11 is 0. The summed E-state index contributed by atoms with van der Waals surface area (Å²) in [5.41, 5.74) is 2.31. The van der Waals surface area contributed by atoms with Crippen LogP contribution >= 0.6 is 0 Å². The van der Waals surface area contributed by atoms with Gasteiger partial charge in [0.15, 0.2) is 0 Å². The lowest BCUT2D eigenvalue weighted by molar-refractivity contribution is -0.115. The molecule has 0 atom stereocenters. The van der Waals surface area contributed by atoms with Crippen molar-refractivity contribution in [1.29, 1.82) is 0 Å². The quantitative estimate of drug-likeness (QED) is 0.288. The van der Waals surface area contributed by atoms with Crippen LogP contribution in [-0.4, -0.2) is 75.7 Å². The topological polar surface area (TPSA) is 135 Å². The SMILES string of the molecule is COc1cccc(CC(=O)Nc2cc(Nc3cnccn3)nc(-c3ccnc(N4CCN(C(=O)OC(C)(C)C)CC4)c3)c2)c1. The molecule has 228 valence electrons. The number of nitrogens with one attached hydrogen (secondary N) is 2. The first kappa shape index (κ1) is 30.2. The van der Waals surface area contributed by atoms with E-state index in [1.807, 2.05) is 63.2 Å². The minimum absolute atomic E-state index is 0.177. The molecule has 2 N–H and O–H groups in total. The molecule has 0 aliphatic carbocycles. The van der Waals surface area contributed by atoms with Gasteiger partial charge in [0.25, 0.3) is 0 Å². The Labute approximate surface area is 256 Å². The van der Waals surface area contributed by atoms with Crippen molar-refractivity contribution in [3.63, 3.8) is 0 Å². The van der Waals surface area contributed by atoms with Crippen molar-refractivity contribution in [2.45, 2.75) is 32.8 Å². The molecule has 3 aromatic heterocycles. The Morgan fingerprint density at radius 2 is 1.75 bits per heavy atom. The summed E-state index contributed by atoms with van der Waals surface area (Å²) in [4.78, 5) is 47.2. The van der Waals surface area contributed by atoms with Gasteiger partial charge in [-0.3, -0.25) is 9.78 Å². The monoisotopic (exact) mass is 596 g/mol. The zero-order valence-corrected chi connectivity index (χ0v) is 25.3. The highest BCUT2D eigenvalue weighted by atomic mass is 16.6. The minimum Gasteiger partial charge on any atom is -0.497 e. The van der Waals surface area contributed by atoms with Gasteiger partial charge in [-0.25, -0.2) is 19.7 Å². The van der Waals surface area contributed by atoms with Crippen LogP contribution in [0.2, 0.25) is 0 Å². The number of pyridine rings is 2. The maximum atomic E-state index is 13.0. The molecule has 1 aromatic carbocycles. The van der Waals surface area contributed by atoms with E-state index in [-0.39, 0.29) is 18.4 Å². The molecule has 44 heavy (non-hydrogen) atoms. The highest BCUT2D eigenvalue weighted by Gasteiger charge is 2.26. The number of anilines is 4. The van der Waals surface area contributed by atoms with Gasteiger partial charge in [-0.1, -0.05) is 12.1 Å². The molecule has 0 unspecified atom stereocenters. The Kier molecular flexibility index (Phi) is 9.17. The van der Waals surface area contributed by atoms with Crippen LogP contribution in [0, 0.1) is 0 Å². The van der Waals surface area contributed by atoms with E-state index in [9.17, 15) is 9.59 Å². The maximum absolute atomic E-state index is 13.0. The van der Waals surface area contributed by atoms with E-state index in [4.69, 9.17) is 14.5 Å². The molecule has 2 amide bonds. The van der Waals surface area contributed by atoms with Crippen LogP contribution in [0.25, 0.3) is 11.3 Å². The van der Waals surface area contributed by atoms with E-state index in [2.05, 4.69) is 30.5 Å². The van der Waals surface area contributed by atoms with Crippen molar-refractivity contribution in [2.24, 2.45) is 0 Å². The lowest BCUT2D eigenvalue weighted by Crippen LogP contribution is -2.50. The summed E-state index contributed by atoms with van der Waals surface area (Å²) in [7, 11) is 1.60. The van der Waals surface area contributed by atoms with Crippen LogP contribution in [0.15, 0.2) is 73.3 Å². The minimum atomic E-state index is -0.541. The summed E-state index contributed by atoms with van der Waals surface area (Å²) in [6.45, 7) is 7.87. The number of rotatable bonds is 8.